The maximum Gasteiger partial charge on any atom is 0.335 e. The number of fused-ring (bicyclic) bond motifs is 2. The Morgan fingerprint density at radius 2 is 1.70 bits per heavy atom. The van der Waals surface area contributed by atoms with E-state index in [4.69, 9.17) is 28.2 Å². The molecule has 4 rings (SSSR count). The molecule has 0 amide bonds. The van der Waals surface area contributed by atoms with E-state index in [1.807, 2.05) is 26.2 Å². The first-order chi connectivity index (χ1) is 18.9. The highest BCUT2D eigenvalue weighted by atomic mass is 33.1. The summed E-state index contributed by atoms with van der Waals surface area (Å²) in [5, 5.41) is -0.0509. The molecule has 4 atom stereocenters. The third-order valence-electron chi connectivity index (χ3n) is 7.96. The first-order valence-corrected chi connectivity index (χ1v) is 20.7. The zero-order valence-electron chi connectivity index (χ0n) is 25.5. The van der Waals surface area contributed by atoms with Crippen LogP contribution in [0.5, 0.6) is 5.88 Å². The maximum atomic E-state index is 7.43. The van der Waals surface area contributed by atoms with Gasteiger partial charge < -0.3 is 28.2 Å². The van der Waals surface area contributed by atoms with Gasteiger partial charge in [0, 0.05) is 5.75 Å². The number of aromatic nitrogens is 4. The van der Waals surface area contributed by atoms with E-state index >= 15 is 0 Å². The first-order valence-electron chi connectivity index (χ1n) is 14.4. The van der Waals surface area contributed by atoms with Gasteiger partial charge in [0.2, 0.25) is 11.8 Å². The van der Waals surface area contributed by atoms with Crippen LogP contribution in [0.3, 0.4) is 0 Å². The predicted molar refractivity (Wildman–Crippen MR) is 168 cm³/mol. The van der Waals surface area contributed by atoms with Crippen molar-refractivity contribution in [2.24, 2.45) is 0 Å². The van der Waals surface area contributed by atoms with Crippen LogP contribution in [-0.4, -0.2) is 73.6 Å². The quantitative estimate of drug-likeness (QED) is 0.178. The lowest BCUT2D eigenvalue weighted by molar-refractivity contribution is -0.0544. The summed E-state index contributed by atoms with van der Waals surface area (Å²) in [4.78, 5) is 13.3. The number of ether oxygens (including phenoxy) is 2. The molecule has 226 valence electrons. The van der Waals surface area contributed by atoms with Crippen molar-refractivity contribution in [3.63, 3.8) is 0 Å². The largest absolute Gasteiger partial charge is 0.479 e. The Morgan fingerprint density at radius 1 is 1.05 bits per heavy atom. The molecule has 2 aromatic rings. The summed E-state index contributed by atoms with van der Waals surface area (Å²) in [5.41, 5.74) is 8.20. The predicted octanol–water partition coefficient (Wildman–Crippen LogP) is 6.43. The van der Waals surface area contributed by atoms with Crippen LogP contribution in [-0.2, 0) is 17.7 Å². The van der Waals surface area contributed by atoms with Gasteiger partial charge in [0.1, 0.15) is 6.10 Å². The minimum absolute atomic E-state index is 0.0509. The Hall–Kier alpha value is -0.876. The third-order valence-corrected chi connectivity index (χ3v) is 21.2. The lowest BCUT2D eigenvalue weighted by Crippen LogP contribution is -2.65. The van der Waals surface area contributed by atoms with Crippen molar-refractivity contribution in [2.75, 3.05) is 25.2 Å². The van der Waals surface area contributed by atoms with Crippen molar-refractivity contribution >= 4 is 55.8 Å². The van der Waals surface area contributed by atoms with Gasteiger partial charge in [-0.1, -0.05) is 83.9 Å². The Morgan fingerprint density at radius 3 is 2.27 bits per heavy atom. The van der Waals surface area contributed by atoms with Crippen LogP contribution in [0.4, 0.5) is 5.95 Å². The van der Waals surface area contributed by atoms with Crippen molar-refractivity contribution < 1.29 is 22.4 Å². The average molecular weight is 630 g/mol. The second-order valence-electron chi connectivity index (χ2n) is 11.9. The molecule has 0 aromatic carbocycles. The number of hydrogen-bond donors (Lipinski definition) is 1. The van der Waals surface area contributed by atoms with Crippen LogP contribution in [0.15, 0.2) is 6.33 Å². The summed E-state index contributed by atoms with van der Waals surface area (Å²) in [6.07, 6.45) is 1.95. The van der Waals surface area contributed by atoms with E-state index in [1.54, 1.807) is 13.4 Å². The molecular weight excluding hydrogens is 583 g/mol. The van der Waals surface area contributed by atoms with Crippen LogP contribution in [0.2, 0.25) is 22.2 Å². The van der Waals surface area contributed by atoms with Crippen LogP contribution >= 0.6 is 21.6 Å². The molecule has 2 saturated heterocycles. The minimum atomic E-state index is -2.80. The lowest BCUT2D eigenvalue weighted by atomic mass is 10.2. The second kappa shape index (κ2) is 12.8. The summed E-state index contributed by atoms with van der Waals surface area (Å²) >= 11 is 0. The lowest BCUT2D eigenvalue weighted by Gasteiger charge is -2.51. The molecule has 2 aliphatic rings. The first kappa shape index (κ1) is 32.0. The fourth-order valence-corrected chi connectivity index (χ4v) is 20.1. The van der Waals surface area contributed by atoms with Crippen molar-refractivity contribution in [1.82, 2.24) is 19.5 Å². The molecule has 2 aliphatic heterocycles. The Labute approximate surface area is 249 Å². The van der Waals surface area contributed by atoms with E-state index in [1.165, 1.54) is 0 Å². The molecule has 10 nitrogen and oxygen atoms in total. The molecule has 2 fully saturated rings. The molecule has 0 aliphatic carbocycles. The molecule has 0 saturated carbocycles. The Balaban J connectivity index is 1.84. The van der Waals surface area contributed by atoms with Crippen molar-refractivity contribution in [2.45, 2.75) is 115 Å². The van der Waals surface area contributed by atoms with E-state index in [2.05, 4.69) is 77.3 Å². The number of nitrogens with two attached hydrogens (primary N) is 1. The van der Waals surface area contributed by atoms with E-state index < -0.39 is 23.3 Å². The van der Waals surface area contributed by atoms with Gasteiger partial charge in [-0.3, -0.25) is 4.57 Å². The molecule has 4 heterocycles. The molecule has 40 heavy (non-hydrogen) atoms. The van der Waals surface area contributed by atoms with E-state index in [0.717, 1.165) is 12.2 Å². The van der Waals surface area contributed by atoms with Gasteiger partial charge in [-0.2, -0.15) is 9.97 Å². The molecular formula is C26H47N5O5S2Si2. The standard InChI is InChI=1S/C26H47N5O5S2Si2/c1-11-12-37-38-22-21-19(34-25(22)31-14-28-20-23(31)29-26(27)30-24(20)32-10)13-33-39(15(2)3,16(4)5)36-40(35-21,17(6)7)18(8)9/h14-19,21-22,25H,11-13H2,1-10H3,(H2,27,29,30)/t19-,21-,22+,25-/m1/s1. The fraction of sp³-hybridized carbons (Fsp3) is 0.808. The zero-order chi connectivity index (χ0) is 29.4. The second-order valence-corrected chi connectivity index (χ2v) is 23.4. The van der Waals surface area contributed by atoms with Gasteiger partial charge in [-0.05, 0) is 28.6 Å². The number of methoxy groups -OCH3 is 1. The summed E-state index contributed by atoms with van der Waals surface area (Å²) in [7, 11) is -0.266. The number of imidazole rings is 1. The normalized spacial score (nSPS) is 26.6. The number of rotatable bonds is 10. The van der Waals surface area contributed by atoms with Crippen LogP contribution in [0.1, 0.15) is 75.0 Å². The van der Waals surface area contributed by atoms with Crippen molar-refractivity contribution in [3.05, 3.63) is 6.33 Å². The van der Waals surface area contributed by atoms with Gasteiger partial charge in [-0.15, -0.1) is 0 Å². The SMILES string of the molecule is CCCSS[C@H]1[C@@H]2O[Si](C(C)C)(C(C)C)O[Si](C(C)C)(C(C)C)OC[C@H]2O[C@H]1n1cnc2c(OC)nc(N)nc21. The van der Waals surface area contributed by atoms with Gasteiger partial charge in [0.05, 0.1) is 31.4 Å². The number of nitrogen functional groups attached to an aromatic ring is 1. The van der Waals surface area contributed by atoms with E-state index in [0.29, 0.717) is 23.7 Å². The van der Waals surface area contributed by atoms with Gasteiger partial charge >= 0.3 is 17.1 Å². The van der Waals surface area contributed by atoms with Gasteiger partial charge in [0.15, 0.2) is 17.4 Å². The number of anilines is 1. The number of nitrogens with zero attached hydrogens (tertiary/aromatic N) is 4. The molecule has 14 heteroatoms. The Bertz CT molecular complexity index is 1140. The highest BCUT2D eigenvalue weighted by Gasteiger charge is 2.62. The van der Waals surface area contributed by atoms with Gasteiger partial charge in [0.25, 0.3) is 0 Å². The minimum Gasteiger partial charge on any atom is -0.479 e. The summed E-state index contributed by atoms with van der Waals surface area (Å²) < 4.78 is 36.2. The average Bonchev–Trinajstić information content (AvgIpc) is 3.43. The topological polar surface area (TPSA) is 116 Å². The van der Waals surface area contributed by atoms with Crippen LogP contribution < -0.4 is 10.5 Å². The summed E-state index contributed by atoms with van der Waals surface area (Å²) in [6, 6.07) is 0. The van der Waals surface area contributed by atoms with Gasteiger partial charge in [-0.25, -0.2) is 4.98 Å². The zero-order valence-corrected chi connectivity index (χ0v) is 29.2. The molecule has 0 radical (unpaired) electrons. The maximum absolute atomic E-state index is 7.43. The third kappa shape index (κ3) is 5.71. The summed E-state index contributed by atoms with van der Waals surface area (Å²) in [5.74, 6) is 1.50. The molecule has 2 N–H and O–H groups in total. The van der Waals surface area contributed by atoms with Crippen LogP contribution in [0, 0.1) is 0 Å². The van der Waals surface area contributed by atoms with E-state index in [9.17, 15) is 0 Å². The Kier molecular flexibility index (Phi) is 10.2. The molecule has 2 aromatic heterocycles. The highest BCUT2D eigenvalue weighted by Crippen LogP contribution is 2.52. The highest BCUT2D eigenvalue weighted by molar-refractivity contribution is 8.77. The van der Waals surface area contributed by atoms with Crippen molar-refractivity contribution in [1.29, 1.82) is 0 Å². The van der Waals surface area contributed by atoms with E-state index in [-0.39, 0.29) is 45.6 Å². The molecule has 0 bridgehead atoms. The smallest absolute Gasteiger partial charge is 0.335 e. The fourth-order valence-electron chi connectivity index (χ4n) is 5.89. The van der Waals surface area contributed by atoms with Crippen molar-refractivity contribution in [3.8, 4) is 5.88 Å². The molecule has 0 spiro atoms. The van der Waals surface area contributed by atoms with Crippen LogP contribution in [0.25, 0.3) is 11.2 Å². The monoisotopic (exact) mass is 629 g/mol. The summed E-state index contributed by atoms with van der Waals surface area (Å²) in [6.45, 7) is 20.6. The molecule has 0 unspecified atom stereocenters. The number of hydrogen-bond acceptors (Lipinski definition) is 11.